The smallest absolute Gasteiger partial charge is 0.331 e. The molecule has 1 aliphatic rings. The number of nitrogens with zero attached hydrogens (tertiary/aromatic N) is 1. The molecule has 1 saturated heterocycles. The molecule has 0 aliphatic carbocycles. The number of carbonyl (C=O) groups is 3. The van der Waals surface area contributed by atoms with E-state index in [0.29, 0.717) is 32.6 Å². The largest absolute Gasteiger partial charge is 0.506 e. The Bertz CT molecular complexity index is 1120. The third-order valence-electron chi connectivity index (χ3n) is 4.57. The zero-order chi connectivity index (χ0) is 23.4. The summed E-state index contributed by atoms with van der Waals surface area (Å²) in [5, 5.41) is 12.4. The van der Waals surface area contributed by atoms with Crippen LogP contribution < -0.4 is 14.8 Å². The van der Waals surface area contributed by atoms with E-state index in [9.17, 15) is 19.5 Å². The van der Waals surface area contributed by atoms with Crippen molar-refractivity contribution in [1.29, 1.82) is 0 Å². The highest BCUT2D eigenvalue weighted by Crippen LogP contribution is 2.34. The van der Waals surface area contributed by atoms with Gasteiger partial charge in [0.2, 0.25) is 0 Å². The molecule has 1 heterocycles. The quantitative estimate of drug-likeness (QED) is 0.380. The number of hydrogen-bond donors (Lipinski definition) is 2. The van der Waals surface area contributed by atoms with Crippen molar-refractivity contribution in [2.24, 2.45) is 0 Å². The van der Waals surface area contributed by atoms with E-state index in [1.807, 2.05) is 6.92 Å². The van der Waals surface area contributed by atoms with Gasteiger partial charge < -0.3 is 14.6 Å². The maximum absolute atomic E-state index is 13.0. The number of nitrogens with one attached hydrogen (secondary N) is 1. The Kier molecular flexibility index (Phi) is 7.57. The second-order valence-corrected chi connectivity index (χ2v) is 8.64. The van der Waals surface area contributed by atoms with Gasteiger partial charge in [0.1, 0.15) is 11.3 Å². The number of hydrogen-bond acceptors (Lipinski definition) is 6. The number of methoxy groups -OCH3 is 1. The molecule has 0 saturated carbocycles. The Labute approximate surface area is 201 Å². The van der Waals surface area contributed by atoms with Gasteiger partial charge in [-0.15, -0.1) is 0 Å². The van der Waals surface area contributed by atoms with Gasteiger partial charge in [-0.2, -0.15) is 0 Å². The number of phenolic OH excluding ortho intramolecular Hbond substituents is 1. The summed E-state index contributed by atoms with van der Waals surface area (Å²) in [5.41, 5.74) is 0.564. The van der Waals surface area contributed by atoms with Crippen molar-refractivity contribution in [2.45, 2.75) is 19.9 Å². The highest BCUT2D eigenvalue weighted by Gasteiger charge is 2.36. The Morgan fingerprint density at radius 1 is 1.12 bits per heavy atom. The third-order valence-corrected chi connectivity index (χ3v) is 5.64. The van der Waals surface area contributed by atoms with Gasteiger partial charge in [-0.1, -0.05) is 28.9 Å². The average molecular weight is 568 g/mol. The topological polar surface area (TPSA) is 105 Å². The summed E-state index contributed by atoms with van der Waals surface area (Å²) >= 11 is 6.51. The number of ether oxygens (including phenoxy) is 2. The van der Waals surface area contributed by atoms with E-state index in [-0.39, 0.29) is 23.4 Å². The molecule has 0 bridgehead atoms. The summed E-state index contributed by atoms with van der Waals surface area (Å²) in [6.07, 6.45) is 2.07. The van der Waals surface area contributed by atoms with Crippen LogP contribution >= 0.6 is 31.9 Å². The second-order valence-electron chi connectivity index (χ2n) is 6.87. The van der Waals surface area contributed by atoms with Gasteiger partial charge in [0.05, 0.1) is 24.7 Å². The first-order valence-electron chi connectivity index (χ1n) is 9.61. The number of carbonyl (C=O) groups excluding carboxylic acids is 3. The van der Waals surface area contributed by atoms with Gasteiger partial charge in [0, 0.05) is 10.0 Å². The summed E-state index contributed by atoms with van der Waals surface area (Å²) in [6.45, 7) is 2.42. The molecule has 8 nitrogen and oxygen atoms in total. The average Bonchev–Trinajstić information content (AvgIpc) is 2.76. The van der Waals surface area contributed by atoms with E-state index in [1.165, 1.54) is 13.2 Å². The highest BCUT2D eigenvalue weighted by molar-refractivity contribution is 9.11. The number of urea groups is 1. The molecule has 3 rings (SSSR count). The van der Waals surface area contributed by atoms with Crippen LogP contribution in [0.4, 0.5) is 4.79 Å². The summed E-state index contributed by atoms with van der Waals surface area (Å²) in [7, 11) is 1.50. The lowest BCUT2D eigenvalue weighted by Gasteiger charge is -2.26. The SMILES string of the molecule is CCCOc1ccc(CN2C(=O)NC(=O)/C(=C\c3cc(Br)cc(Br)c3O)C2=O)cc1OC. The number of rotatable bonds is 7. The molecule has 2 aromatic carbocycles. The van der Waals surface area contributed by atoms with Crippen molar-refractivity contribution in [3.8, 4) is 17.2 Å². The molecule has 10 heteroatoms. The van der Waals surface area contributed by atoms with Crippen molar-refractivity contribution >= 4 is 55.8 Å². The lowest BCUT2D eigenvalue weighted by molar-refractivity contribution is -0.130. The summed E-state index contributed by atoms with van der Waals surface area (Å²) in [6, 6.07) is 7.43. The molecule has 0 radical (unpaired) electrons. The van der Waals surface area contributed by atoms with E-state index >= 15 is 0 Å². The van der Waals surface area contributed by atoms with Gasteiger partial charge in [-0.05, 0) is 58.3 Å². The molecule has 32 heavy (non-hydrogen) atoms. The molecule has 0 atom stereocenters. The standard InChI is InChI=1S/C22H20Br2N2O6/c1-3-6-32-17-5-4-12(7-18(17)31-2)11-26-21(29)15(20(28)25-22(26)30)9-13-8-14(23)10-16(24)19(13)27/h4-5,7-10,27H,3,6,11H2,1-2H3,(H,25,28,30)/b15-9+. The number of aromatic hydroxyl groups is 1. The number of imide groups is 2. The van der Waals surface area contributed by atoms with E-state index in [4.69, 9.17) is 9.47 Å². The van der Waals surface area contributed by atoms with E-state index in [0.717, 1.165) is 11.3 Å². The normalized spacial score (nSPS) is 15.2. The minimum atomic E-state index is -0.840. The van der Waals surface area contributed by atoms with Crippen LogP contribution in [0.25, 0.3) is 6.08 Å². The van der Waals surface area contributed by atoms with Gasteiger partial charge >= 0.3 is 6.03 Å². The summed E-state index contributed by atoms with van der Waals surface area (Å²) in [4.78, 5) is 38.7. The first-order chi connectivity index (χ1) is 15.2. The van der Waals surface area contributed by atoms with Crippen molar-refractivity contribution in [3.63, 3.8) is 0 Å². The Morgan fingerprint density at radius 2 is 1.88 bits per heavy atom. The molecule has 1 aliphatic heterocycles. The lowest BCUT2D eigenvalue weighted by Crippen LogP contribution is -2.53. The van der Waals surface area contributed by atoms with E-state index in [1.54, 1.807) is 30.3 Å². The number of halogens is 2. The number of barbiturate groups is 1. The molecular formula is C22H20Br2N2O6. The minimum absolute atomic E-state index is 0.0894. The molecule has 0 unspecified atom stereocenters. The first-order valence-corrected chi connectivity index (χ1v) is 11.2. The Hall–Kier alpha value is -2.85. The number of phenols is 1. The molecule has 1 fully saturated rings. The lowest BCUT2D eigenvalue weighted by atomic mass is 10.1. The molecule has 0 spiro atoms. The summed E-state index contributed by atoms with van der Waals surface area (Å²) in [5.74, 6) is -0.736. The van der Waals surface area contributed by atoms with Crippen LogP contribution in [-0.4, -0.2) is 41.6 Å². The van der Waals surface area contributed by atoms with Crippen molar-refractivity contribution < 1.29 is 29.0 Å². The maximum Gasteiger partial charge on any atom is 0.331 e. The monoisotopic (exact) mass is 566 g/mol. The predicted molar refractivity (Wildman–Crippen MR) is 124 cm³/mol. The third kappa shape index (κ3) is 5.13. The van der Waals surface area contributed by atoms with Crippen LogP contribution in [0.2, 0.25) is 0 Å². The zero-order valence-electron chi connectivity index (χ0n) is 17.3. The van der Waals surface area contributed by atoms with Crippen molar-refractivity contribution in [1.82, 2.24) is 10.2 Å². The fraction of sp³-hybridized carbons (Fsp3) is 0.227. The summed E-state index contributed by atoms with van der Waals surface area (Å²) < 4.78 is 12.0. The zero-order valence-corrected chi connectivity index (χ0v) is 20.4. The molecule has 2 aromatic rings. The molecule has 168 valence electrons. The molecule has 4 amide bonds. The number of benzene rings is 2. The molecule has 0 aromatic heterocycles. The van der Waals surface area contributed by atoms with Gasteiger partial charge in [-0.25, -0.2) is 4.79 Å². The second kappa shape index (κ2) is 10.2. The van der Waals surface area contributed by atoms with E-state index in [2.05, 4.69) is 37.2 Å². The maximum atomic E-state index is 13.0. The molecular weight excluding hydrogens is 548 g/mol. The predicted octanol–water partition coefficient (Wildman–Crippen LogP) is 4.38. The Balaban J connectivity index is 1.91. The van der Waals surface area contributed by atoms with Gasteiger partial charge in [0.15, 0.2) is 11.5 Å². The number of amides is 4. The van der Waals surface area contributed by atoms with Crippen LogP contribution in [0.1, 0.15) is 24.5 Å². The first kappa shape index (κ1) is 23.8. The van der Waals surface area contributed by atoms with Crippen LogP contribution in [0.15, 0.2) is 44.9 Å². The van der Waals surface area contributed by atoms with Crippen molar-refractivity contribution in [3.05, 3.63) is 56.0 Å². The highest BCUT2D eigenvalue weighted by atomic mass is 79.9. The van der Waals surface area contributed by atoms with Crippen LogP contribution in [0.3, 0.4) is 0 Å². The van der Waals surface area contributed by atoms with Gasteiger partial charge in [0.25, 0.3) is 11.8 Å². The fourth-order valence-corrected chi connectivity index (χ4v) is 4.27. The minimum Gasteiger partial charge on any atom is -0.506 e. The van der Waals surface area contributed by atoms with Gasteiger partial charge in [-0.3, -0.25) is 19.8 Å². The van der Waals surface area contributed by atoms with Crippen LogP contribution in [-0.2, 0) is 16.1 Å². The molecule has 2 N–H and O–H groups in total. The van der Waals surface area contributed by atoms with Crippen molar-refractivity contribution in [2.75, 3.05) is 13.7 Å². The fourth-order valence-electron chi connectivity index (χ4n) is 3.01. The van der Waals surface area contributed by atoms with E-state index < -0.39 is 17.8 Å². The van der Waals surface area contributed by atoms with Crippen LogP contribution in [0, 0.1) is 0 Å². The van der Waals surface area contributed by atoms with Crippen LogP contribution in [0.5, 0.6) is 17.2 Å². The Morgan fingerprint density at radius 3 is 2.56 bits per heavy atom.